The Morgan fingerprint density at radius 2 is 1.82 bits per heavy atom. The van der Waals surface area contributed by atoms with Crippen molar-refractivity contribution in [2.75, 3.05) is 12.4 Å². The molecule has 176 valence electrons. The monoisotopic (exact) mass is 469 g/mol. The third kappa shape index (κ3) is 6.06. The molecule has 4 rings (SSSR count). The largest absolute Gasteiger partial charge is 0.497 e. The number of ether oxygens (including phenoxy) is 1. The number of benzene rings is 2. The van der Waals surface area contributed by atoms with Gasteiger partial charge in [-0.2, -0.15) is 0 Å². The SMILES string of the molecule is COc1ccc(CC(=O)Nc2ccc(Cl)c(CN(C(=O)C3CC3)C3CCCCC3N)c2)cc1. The van der Waals surface area contributed by atoms with E-state index in [0.29, 0.717) is 17.3 Å². The topological polar surface area (TPSA) is 84.7 Å². The molecule has 7 heteroatoms. The molecule has 0 bridgehead atoms. The summed E-state index contributed by atoms with van der Waals surface area (Å²) in [6.45, 7) is 0.411. The molecule has 2 fully saturated rings. The summed E-state index contributed by atoms with van der Waals surface area (Å²) in [5.74, 6) is 0.936. The van der Waals surface area contributed by atoms with Crippen molar-refractivity contribution in [3.63, 3.8) is 0 Å². The van der Waals surface area contributed by atoms with Crippen LogP contribution in [0.5, 0.6) is 5.75 Å². The van der Waals surface area contributed by atoms with Gasteiger partial charge in [0.05, 0.1) is 13.5 Å². The minimum Gasteiger partial charge on any atom is -0.497 e. The van der Waals surface area contributed by atoms with Gasteiger partial charge in [-0.25, -0.2) is 0 Å². The molecule has 2 aliphatic carbocycles. The summed E-state index contributed by atoms with van der Waals surface area (Å²) in [5, 5.41) is 3.54. The quantitative estimate of drug-likeness (QED) is 0.594. The van der Waals surface area contributed by atoms with E-state index in [1.165, 1.54) is 0 Å². The molecular formula is C26H32ClN3O3. The zero-order valence-electron chi connectivity index (χ0n) is 19.1. The van der Waals surface area contributed by atoms with E-state index in [-0.39, 0.29) is 36.2 Å². The second-order valence-corrected chi connectivity index (χ2v) is 9.54. The Kier molecular flexibility index (Phi) is 7.56. The minimum absolute atomic E-state index is 0.00684. The van der Waals surface area contributed by atoms with Crippen LogP contribution >= 0.6 is 11.6 Å². The van der Waals surface area contributed by atoms with Gasteiger partial charge in [0, 0.05) is 35.3 Å². The Balaban J connectivity index is 1.46. The van der Waals surface area contributed by atoms with E-state index in [1.807, 2.05) is 35.2 Å². The molecule has 0 spiro atoms. The molecule has 0 saturated heterocycles. The fourth-order valence-corrected chi connectivity index (χ4v) is 4.72. The standard InChI is InChI=1S/C26H32ClN3O3/c1-33-21-11-6-17(7-12-21)14-25(31)29-20-10-13-22(27)19(15-20)16-30(26(32)18-8-9-18)24-5-3-2-4-23(24)28/h6-7,10-13,15,18,23-24H,2-5,8-9,14,16,28H2,1H3,(H,29,31). The maximum absolute atomic E-state index is 13.1. The molecule has 2 amide bonds. The van der Waals surface area contributed by atoms with E-state index in [1.54, 1.807) is 19.2 Å². The zero-order valence-corrected chi connectivity index (χ0v) is 19.8. The normalized spacial score (nSPS) is 20.2. The van der Waals surface area contributed by atoms with Gasteiger partial charge in [-0.05, 0) is 67.1 Å². The van der Waals surface area contributed by atoms with Crippen LogP contribution < -0.4 is 15.8 Å². The van der Waals surface area contributed by atoms with Crippen LogP contribution in [0.1, 0.15) is 49.7 Å². The van der Waals surface area contributed by atoms with E-state index in [2.05, 4.69) is 5.32 Å². The molecule has 2 unspecified atom stereocenters. The van der Waals surface area contributed by atoms with Crippen molar-refractivity contribution in [3.05, 3.63) is 58.6 Å². The van der Waals surface area contributed by atoms with E-state index < -0.39 is 0 Å². The number of methoxy groups -OCH3 is 1. The van der Waals surface area contributed by atoms with Gasteiger partial charge in [0.1, 0.15) is 5.75 Å². The number of hydrogen-bond acceptors (Lipinski definition) is 4. The molecule has 2 aliphatic rings. The van der Waals surface area contributed by atoms with Crippen LogP contribution in [0.4, 0.5) is 5.69 Å². The number of rotatable bonds is 8. The number of nitrogens with two attached hydrogens (primary N) is 1. The third-order valence-corrected chi connectivity index (χ3v) is 6.95. The van der Waals surface area contributed by atoms with Gasteiger partial charge < -0.3 is 20.7 Å². The molecule has 2 aromatic rings. The van der Waals surface area contributed by atoms with Gasteiger partial charge >= 0.3 is 0 Å². The molecule has 0 radical (unpaired) electrons. The fraction of sp³-hybridized carbons (Fsp3) is 0.462. The van der Waals surface area contributed by atoms with Crippen molar-refractivity contribution in [2.24, 2.45) is 11.7 Å². The lowest BCUT2D eigenvalue weighted by molar-refractivity contribution is -0.136. The number of halogens is 1. The van der Waals surface area contributed by atoms with Gasteiger partial charge in [-0.15, -0.1) is 0 Å². The van der Waals surface area contributed by atoms with Crippen LogP contribution in [0.3, 0.4) is 0 Å². The first-order chi connectivity index (χ1) is 15.9. The molecule has 0 heterocycles. The lowest BCUT2D eigenvalue weighted by Gasteiger charge is -2.39. The highest BCUT2D eigenvalue weighted by molar-refractivity contribution is 6.31. The summed E-state index contributed by atoms with van der Waals surface area (Å²) in [5.41, 5.74) is 8.81. The Hall–Kier alpha value is -2.57. The van der Waals surface area contributed by atoms with Crippen molar-refractivity contribution >= 4 is 29.1 Å². The number of anilines is 1. The molecule has 6 nitrogen and oxygen atoms in total. The third-order valence-electron chi connectivity index (χ3n) is 6.59. The maximum Gasteiger partial charge on any atom is 0.228 e. The summed E-state index contributed by atoms with van der Waals surface area (Å²) in [6.07, 6.45) is 6.22. The summed E-state index contributed by atoms with van der Waals surface area (Å²) < 4.78 is 5.16. The predicted octanol–water partition coefficient (Wildman–Crippen LogP) is 4.54. The van der Waals surface area contributed by atoms with Crippen LogP contribution in [0.2, 0.25) is 5.02 Å². The Morgan fingerprint density at radius 1 is 1.09 bits per heavy atom. The number of carbonyl (C=O) groups is 2. The van der Waals surface area contributed by atoms with Crippen molar-refractivity contribution in [2.45, 2.75) is 63.6 Å². The predicted molar refractivity (Wildman–Crippen MR) is 130 cm³/mol. The molecule has 0 aromatic heterocycles. The second-order valence-electron chi connectivity index (χ2n) is 9.14. The lowest BCUT2D eigenvalue weighted by atomic mass is 9.89. The molecule has 2 atom stereocenters. The van der Waals surface area contributed by atoms with E-state index >= 15 is 0 Å². The Bertz CT molecular complexity index is 991. The highest BCUT2D eigenvalue weighted by Gasteiger charge is 2.38. The molecular weight excluding hydrogens is 438 g/mol. The van der Waals surface area contributed by atoms with Crippen molar-refractivity contribution in [1.29, 1.82) is 0 Å². The molecule has 0 aliphatic heterocycles. The Labute approximate surface area is 200 Å². The van der Waals surface area contributed by atoms with E-state index in [0.717, 1.165) is 55.4 Å². The average Bonchev–Trinajstić information content (AvgIpc) is 3.66. The van der Waals surface area contributed by atoms with Crippen molar-refractivity contribution in [1.82, 2.24) is 4.90 Å². The molecule has 2 saturated carbocycles. The lowest BCUT2D eigenvalue weighted by Crippen LogP contribution is -2.52. The first-order valence-electron chi connectivity index (χ1n) is 11.7. The first kappa shape index (κ1) is 23.6. The van der Waals surface area contributed by atoms with Crippen molar-refractivity contribution in [3.8, 4) is 5.75 Å². The number of nitrogens with zero attached hydrogens (tertiary/aromatic N) is 1. The number of amides is 2. The first-order valence-corrected chi connectivity index (χ1v) is 12.1. The van der Waals surface area contributed by atoms with Crippen LogP contribution in [0.15, 0.2) is 42.5 Å². The van der Waals surface area contributed by atoms with Crippen LogP contribution in [-0.4, -0.2) is 35.9 Å². The van der Waals surface area contributed by atoms with Crippen LogP contribution in [0, 0.1) is 5.92 Å². The minimum atomic E-state index is -0.117. The molecule has 2 aromatic carbocycles. The molecule has 3 N–H and O–H groups in total. The number of hydrogen-bond donors (Lipinski definition) is 2. The highest BCUT2D eigenvalue weighted by atomic mass is 35.5. The number of nitrogens with one attached hydrogen (secondary N) is 1. The Morgan fingerprint density at radius 3 is 2.48 bits per heavy atom. The van der Waals surface area contributed by atoms with Crippen LogP contribution in [-0.2, 0) is 22.6 Å². The fourth-order valence-electron chi connectivity index (χ4n) is 4.54. The van der Waals surface area contributed by atoms with Gasteiger partial charge in [0.25, 0.3) is 0 Å². The number of carbonyl (C=O) groups excluding carboxylic acids is 2. The smallest absolute Gasteiger partial charge is 0.228 e. The second kappa shape index (κ2) is 10.6. The summed E-state index contributed by atoms with van der Waals surface area (Å²) in [4.78, 5) is 27.7. The summed E-state index contributed by atoms with van der Waals surface area (Å²) in [7, 11) is 1.61. The van der Waals surface area contributed by atoms with Crippen molar-refractivity contribution < 1.29 is 14.3 Å². The zero-order chi connectivity index (χ0) is 23.4. The highest BCUT2D eigenvalue weighted by Crippen LogP contribution is 2.35. The van der Waals surface area contributed by atoms with Gasteiger partial charge in [0.15, 0.2) is 0 Å². The van der Waals surface area contributed by atoms with E-state index in [4.69, 9.17) is 22.1 Å². The summed E-state index contributed by atoms with van der Waals surface area (Å²) in [6, 6.07) is 12.9. The van der Waals surface area contributed by atoms with Gasteiger partial charge in [-0.1, -0.05) is 36.6 Å². The van der Waals surface area contributed by atoms with Crippen LogP contribution in [0.25, 0.3) is 0 Å². The van der Waals surface area contributed by atoms with E-state index in [9.17, 15) is 9.59 Å². The van der Waals surface area contributed by atoms with Gasteiger partial charge in [-0.3, -0.25) is 9.59 Å². The maximum atomic E-state index is 13.1. The van der Waals surface area contributed by atoms with Gasteiger partial charge in [0.2, 0.25) is 11.8 Å². The molecule has 33 heavy (non-hydrogen) atoms. The summed E-state index contributed by atoms with van der Waals surface area (Å²) >= 11 is 6.52. The average molecular weight is 470 g/mol.